The summed E-state index contributed by atoms with van der Waals surface area (Å²) in [5.41, 5.74) is 0.539. The summed E-state index contributed by atoms with van der Waals surface area (Å²) >= 11 is 2.19. The Morgan fingerprint density at radius 3 is 2.62 bits per heavy atom. The Bertz CT molecular complexity index is 298. The lowest BCUT2D eigenvalue weighted by Gasteiger charge is -2.45. The SMILES string of the molecule is CCC1CN(CC2(CNC(C)C)CCC(C)CC2)CCS1. The molecule has 1 heterocycles. The van der Waals surface area contributed by atoms with E-state index >= 15 is 0 Å². The average molecular weight is 313 g/mol. The van der Waals surface area contributed by atoms with E-state index < -0.39 is 0 Å². The largest absolute Gasteiger partial charge is 0.314 e. The molecule has 1 atom stereocenters. The molecule has 0 aromatic heterocycles. The van der Waals surface area contributed by atoms with E-state index in [-0.39, 0.29) is 0 Å². The summed E-state index contributed by atoms with van der Waals surface area (Å²) in [6, 6.07) is 0.613. The number of thioether (sulfide) groups is 1. The van der Waals surface area contributed by atoms with Crippen LogP contribution >= 0.6 is 11.8 Å². The van der Waals surface area contributed by atoms with Crippen molar-refractivity contribution < 1.29 is 0 Å². The van der Waals surface area contributed by atoms with Gasteiger partial charge in [-0.2, -0.15) is 11.8 Å². The third kappa shape index (κ3) is 5.44. The van der Waals surface area contributed by atoms with Gasteiger partial charge in [0.05, 0.1) is 0 Å². The molecule has 0 aromatic carbocycles. The van der Waals surface area contributed by atoms with E-state index in [1.54, 1.807) is 0 Å². The molecule has 21 heavy (non-hydrogen) atoms. The van der Waals surface area contributed by atoms with Crippen LogP contribution < -0.4 is 5.32 Å². The zero-order valence-electron chi connectivity index (χ0n) is 14.7. The quantitative estimate of drug-likeness (QED) is 0.798. The van der Waals surface area contributed by atoms with Crippen LogP contribution in [0.5, 0.6) is 0 Å². The minimum absolute atomic E-state index is 0.539. The fraction of sp³-hybridized carbons (Fsp3) is 1.00. The van der Waals surface area contributed by atoms with E-state index in [0.29, 0.717) is 11.5 Å². The van der Waals surface area contributed by atoms with Crippen molar-refractivity contribution in [2.24, 2.45) is 11.3 Å². The Labute approximate surface area is 136 Å². The molecule has 2 fully saturated rings. The first kappa shape index (κ1) is 17.6. The smallest absolute Gasteiger partial charge is 0.0172 e. The summed E-state index contributed by atoms with van der Waals surface area (Å²) in [4.78, 5) is 2.78. The van der Waals surface area contributed by atoms with Gasteiger partial charge in [-0.1, -0.05) is 40.5 Å². The maximum Gasteiger partial charge on any atom is 0.0172 e. The van der Waals surface area contributed by atoms with E-state index in [9.17, 15) is 0 Å². The topological polar surface area (TPSA) is 15.3 Å². The van der Waals surface area contributed by atoms with Crippen LogP contribution in [0.1, 0.15) is 59.8 Å². The molecule has 1 aliphatic heterocycles. The Hall–Kier alpha value is 0.270. The first-order valence-corrected chi connectivity index (χ1v) is 10.2. The Morgan fingerprint density at radius 2 is 2.00 bits per heavy atom. The second-order valence-corrected chi connectivity index (χ2v) is 9.26. The van der Waals surface area contributed by atoms with Gasteiger partial charge >= 0.3 is 0 Å². The summed E-state index contributed by atoms with van der Waals surface area (Å²) in [6.07, 6.45) is 7.04. The molecule has 0 aromatic rings. The lowest BCUT2D eigenvalue weighted by molar-refractivity contribution is 0.0857. The second-order valence-electron chi connectivity index (χ2n) is 7.85. The first-order valence-electron chi connectivity index (χ1n) is 9.10. The van der Waals surface area contributed by atoms with E-state index in [2.05, 4.69) is 49.7 Å². The van der Waals surface area contributed by atoms with E-state index in [1.165, 1.54) is 64.0 Å². The number of rotatable bonds is 6. The third-order valence-electron chi connectivity index (χ3n) is 5.46. The van der Waals surface area contributed by atoms with Gasteiger partial charge in [-0.05, 0) is 30.6 Å². The Kier molecular flexibility index (Phi) is 6.89. The zero-order valence-corrected chi connectivity index (χ0v) is 15.5. The number of hydrogen-bond donors (Lipinski definition) is 1. The van der Waals surface area contributed by atoms with Crippen molar-refractivity contribution in [3.8, 4) is 0 Å². The molecule has 124 valence electrons. The van der Waals surface area contributed by atoms with Crippen molar-refractivity contribution in [1.82, 2.24) is 10.2 Å². The highest BCUT2D eigenvalue weighted by Crippen LogP contribution is 2.40. The maximum atomic E-state index is 3.75. The van der Waals surface area contributed by atoms with Crippen molar-refractivity contribution in [1.29, 1.82) is 0 Å². The molecule has 1 saturated heterocycles. The van der Waals surface area contributed by atoms with Gasteiger partial charge in [-0.3, -0.25) is 0 Å². The first-order chi connectivity index (χ1) is 10.0. The molecule has 1 saturated carbocycles. The summed E-state index contributed by atoms with van der Waals surface area (Å²) in [5.74, 6) is 2.28. The molecule has 1 aliphatic carbocycles. The van der Waals surface area contributed by atoms with Crippen molar-refractivity contribution in [3.63, 3.8) is 0 Å². The predicted octanol–water partition coefficient (Wildman–Crippen LogP) is 4.01. The molecular formula is C18H36N2S. The van der Waals surface area contributed by atoms with Crippen molar-refractivity contribution in [2.75, 3.05) is 31.9 Å². The van der Waals surface area contributed by atoms with Crippen LogP contribution in [0.15, 0.2) is 0 Å². The summed E-state index contributed by atoms with van der Waals surface area (Å²) in [5, 5.41) is 4.63. The predicted molar refractivity (Wildman–Crippen MR) is 96.2 cm³/mol. The monoisotopic (exact) mass is 312 g/mol. The normalized spacial score (nSPS) is 35.3. The van der Waals surface area contributed by atoms with Crippen LogP contribution in [0, 0.1) is 11.3 Å². The lowest BCUT2D eigenvalue weighted by atomic mass is 9.70. The van der Waals surface area contributed by atoms with Gasteiger partial charge in [0.15, 0.2) is 0 Å². The molecule has 0 radical (unpaired) electrons. The van der Waals surface area contributed by atoms with E-state index in [4.69, 9.17) is 0 Å². The van der Waals surface area contributed by atoms with Gasteiger partial charge in [-0.15, -0.1) is 0 Å². The highest BCUT2D eigenvalue weighted by atomic mass is 32.2. The molecule has 1 N–H and O–H groups in total. The molecule has 2 aliphatic rings. The lowest BCUT2D eigenvalue weighted by Crippen LogP contribution is -2.50. The van der Waals surface area contributed by atoms with Crippen LogP contribution in [0.4, 0.5) is 0 Å². The van der Waals surface area contributed by atoms with Gasteiger partial charge in [0, 0.05) is 43.2 Å². The molecular weight excluding hydrogens is 276 g/mol. The van der Waals surface area contributed by atoms with Crippen molar-refractivity contribution >= 4 is 11.8 Å². The fourth-order valence-electron chi connectivity index (χ4n) is 3.83. The van der Waals surface area contributed by atoms with Crippen molar-refractivity contribution in [3.05, 3.63) is 0 Å². The summed E-state index contributed by atoms with van der Waals surface area (Å²) in [7, 11) is 0. The molecule has 0 amide bonds. The van der Waals surface area contributed by atoms with Crippen LogP contribution in [0.3, 0.4) is 0 Å². The molecule has 2 nitrogen and oxygen atoms in total. The Morgan fingerprint density at radius 1 is 1.29 bits per heavy atom. The molecule has 1 unspecified atom stereocenters. The maximum absolute atomic E-state index is 3.75. The average Bonchev–Trinajstić information content (AvgIpc) is 2.48. The standard InChI is InChI=1S/C18H36N2S/c1-5-17-12-20(10-11-21-17)14-18(13-19-15(2)3)8-6-16(4)7-9-18/h15-17,19H,5-14H2,1-4H3. The minimum atomic E-state index is 0.539. The number of hydrogen-bond acceptors (Lipinski definition) is 3. The van der Waals surface area contributed by atoms with E-state index in [1.807, 2.05) is 0 Å². The van der Waals surface area contributed by atoms with Crippen LogP contribution in [-0.2, 0) is 0 Å². The molecule has 0 bridgehead atoms. The van der Waals surface area contributed by atoms with Gasteiger partial charge in [0.25, 0.3) is 0 Å². The van der Waals surface area contributed by atoms with Gasteiger partial charge in [0.2, 0.25) is 0 Å². The minimum Gasteiger partial charge on any atom is -0.314 e. The number of nitrogens with zero attached hydrogens (tertiary/aromatic N) is 1. The van der Waals surface area contributed by atoms with Gasteiger partial charge in [0.1, 0.15) is 0 Å². The Balaban J connectivity index is 1.94. The summed E-state index contributed by atoms with van der Waals surface area (Å²) in [6.45, 7) is 14.5. The zero-order chi connectivity index (χ0) is 15.3. The summed E-state index contributed by atoms with van der Waals surface area (Å²) < 4.78 is 0. The highest BCUT2D eigenvalue weighted by molar-refractivity contribution is 8.00. The third-order valence-corrected chi connectivity index (χ3v) is 6.83. The molecule has 0 spiro atoms. The van der Waals surface area contributed by atoms with Gasteiger partial charge in [-0.25, -0.2) is 0 Å². The second kappa shape index (κ2) is 8.21. The van der Waals surface area contributed by atoms with Crippen LogP contribution in [0.25, 0.3) is 0 Å². The number of nitrogens with one attached hydrogen (secondary N) is 1. The van der Waals surface area contributed by atoms with Gasteiger partial charge < -0.3 is 10.2 Å². The van der Waals surface area contributed by atoms with Crippen LogP contribution in [0.2, 0.25) is 0 Å². The molecule has 2 rings (SSSR count). The molecule has 3 heteroatoms. The van der Waals surface area contributed by atoms with Crippen molar-refractivity contribution in [2.45, 2.75) is 71.1 Å². The fourth-order valence-corrected chi connectivity index (χ4v) is 5.08. The highest BCUT2D eigenvalue weighted by Gasteiger charge is 2.36. The van der Waals surface area contributed by atoms with E-state index in [0.717, 1.165) is 11.2 Å². The van der Waals surface area contributed by atoms with Crippen LogP contribution in [-0.4, -0.2) is 48.1 Å².